The quantitative estimate of drug-likeness (QED) is 0.523. The molecule has 1 nitrogen and oxygen atoms in total. The van der Waals surface area contributed by atoms with Crippen LogP contribution in [-0.4, -0.2) is 5.78 Å². The van der Waals surface area contributed by atoms with E-state index in [1.54, 1.807) is 6.92 Å². The second kappa shape index (κ2) is 2.47. The zero-order chi connectivity index (χ0) is 7.84. The molecule has 0 aromatic rings. The summed E-state index contributed by atoms with van der Waals surface area (Å²) >= 11 is 0. The fourth-order valence-electron chi connectivity index (χ4n) is 2.40. The summed E-state index contributed by atoms with van der Waals surface area (Å²) in [4.78, 5) is 11.2. The SMILES string of the molecule is CC(=O)C1CC2C=CC1CC2. The summed E-state index contributed by atoms with van der Waals surface area (Å²) in [5, 5.41) is 0. The van der Waals surface area contributed by atoms with Gasteiger partial charge in [0.15, 0.2) is 0 Å². The third-order valence-corrected chi connectivity index (χ3v) is 3.10. The number of hydrogen-bond acceptors (Lipinski definition) is 1. The number of ketones is 1. The summed E-state index contributed by atoms with van der Waals surface area (Å²) in [6.45, 7) is 1.74. The van der Waals surface area contributed by atoms with Crippen LogP contribution in [0.3, 0.4) is 0 Å². The molecule has 0 radical (unpaired) electrons. The van der Waals surface area contributed by atoms with Crippen molar-refractivity contribution < 1.29 is 4.79 Å². The van der Waals surface area contributed by atoms with E-state index in [2.05, 4.69) is 12.2 Å². The van der Waals surface area contributed by atoms with Gasteiger partial charge in [-0.2, -0.15) is 0 Å². The number of carbonyl (C=O) groups is 1. The maximum atomic E-state index is 11.2. The average molecular weight is 150 g/mol. The molecule has 3 atom stereocenters. The first kappa shape index (κ1) is 7.08. The molecule has 3 aliphatic rings. The van der Waals surface area contributed by atoms with Crippen LogP contribution in [0.25, 0.3) is 0 Å². The molecule has 60 valence electrons. The molecular weight excluding hydrogens is 136 g/mol. The van der Waals surface area contributed by atoms with E-state index < -0.39 is 0 Å². The predicted octanol–water partition coefficient (Wildman–Crippen LogP) is 2.18. The van der Waals surface area contributed by atoms with Crippen LogP contribution in [-0.2, 0) is 4.79 Å². The Bertz CT molecular complexity index is 205. The lowest BCUT2D eigenvalue weighted by Gasteiger charge is -2.36. The maximum absolute atomic E-state index is 11.2. The van der Waals surface area contributed by atoms with Crippen molar-refractivity contribution in [2.24, 2.45) is 17.8 Å². The lowest BCUT2D eigenvalue weighted by molar-refractivity contribution is -0.123. The van der Waals surface area contributed by atoms with Gasteiger partial charge in [0.05, 0.1) is 0 Å². The Morgan fingerprint density at radius 3 is 2.45 bits per heavy atom. The minimum atomic E-state index is 0.360. The first-order chi connectivity index (χ1) is 5.27. The second-order valence-corrected chi connectivity index (χ2v) is 3.84. The van der Waals surface area contributed by atoms with Gasteiger partial charge in [0.1, 0.15) is 5.78 Å². The minimum absolute atomic E-state index is 0.360. The van der Waals surface area contributed by atoms with Gasteiger partial charge in [0.2, 0.25) is 0 Å². The third kappa shape index (κ3) is 1.13. The van der Waals surface area contributed by atoms with Crippen LogP contribution in [0, 0.1) is 17.8 Å². The van der Waals surface area contributed by atoms with E-state index in [0.717, 1.165) is 6.42 Å². The predicted molar refractivity (Wildman–Crippen MR) is 44.1 cm³/mol. The number of allylic oxidation sites excluding steroid dienone is 2. The molecule has 0 saturated heterocycles. The summed E-state index contributed by atoms with van der Waals surface area (Å²) < 4.78 is 0. The molecule has 3 aliphatic carbocycles. The molecule has 0 amide bonds. The van der Waals surface area contributed by atoms with Crippen molar-refractivity contribution >= 4 is 5.78 Å². The zero-order valence-corrected chi connectivity index (χ0v) is 6.92. The van der Waals surface area contributed by atoms with Crippen molar-refractivity contribution in [3.8, 4) is 0 Å². The smallest absolute Gasteiger partial charge is 0.133 e. The number of rotatable bonds is 1. The number of carbonyl (C=O) groups excluding carboxylic acids is 1. The topological polar surface area (TPSA) is 17.1 Å². The van der Waals surface area contributed by atoms with Gasteiger partial charge in [-0.3, -0.25) is 4.79 Å². The van der Waals surface area contributed by atoms with Crippen molar-refractivity contribution in [1.29, 1.82) is 0 Å². The normalized spacial score (nSPS) is 41.0. The van der Waals surface area contributed by atoms with Crippen LogP contribution in [0.5, 0.6) is 0 Å². The standard InChI is InChI=1S/C10H14O/c1-7(11)10-6-8-2-4-9(10)5-3-8/h2,4,8-10H,3,5-6H2,1H3. The lowest BCUT2D eigenvalue weighted by atomic mass is 9.68. The Hall–Kier alpha value is -0.590. The number of hydrogen-bond donors (Lipinski definition) is 0. The van der Waals surface area contributed by atoms with Crippen LogP contribution >= 0.6 is 0 Å². The van der Waals surface area contributed by atoms with Gasteiger partial charge < -0.3 is 0 Å². The van der Waals surface area contributed by atoms with Gasteiger partial charge in [-0.1, -0.05) is 12.2 Å². The summed E-state index contributed by atoms with van der Waals surface area (Å²) in [7, 11) is 0. The Balaban J connectivity index is 2.17. The first-order valence-corrected chi connectivity index (χ1v) is 4.46. The molecular formula is C10H14O. The number of Topliss-reactive ketones (excluding diaryl/α,β-unsaturated/α-hetero) is 1. The largest absolute Gasteiger partial charge is 0.300 e. The molecule has 0 N–H and O–H groups in total. The monoisotopic (exact) mass is 150 g/mol. The van der Waals surface area contributed by atoms with Gasteiger partial charge in [-0.25, -0.2) is 0 Å². The fourth-order valence-corrected chi connectivity index (χ4v) is 2.40. The van der Waals surface area contributed by atoms with Crippen LogP contribution < -0.4 is 0 Å². The van der Waals surface area contributed by atoms with Crippen molar-refractivity contribution in [2.75, 3.05) is 0 Å². The highest BCUT2D eigenvalue weighted by Crippen LogP contribution is 2.40. The molecule has 3 rings (SSSR count). The van der Waals surface area contributed by atoms with Crippen molar-refractivity contribution in [3.63, 3.8) is 0 Å². The summed E-state index contributed by atoms with van der Waals surface area (Å²) in [6, 6.07) is 0. The van der Waals surface area contributed by atoms with Crippen LogP contribution in [0.1, 0.15) is 26.2 Å². The van der Waals surface area contributed by atoms with Crippen LogP contribution in [0.2, 0.25) is 0 Å². The Morgan fingerprint density at radius 1 is 1.36 bits per heavy atom. The third-order valence-electron chi connectivity index (χ3n) is 3.10. The van der Waals surface area contributed by atoms with E-state index in [-0.39, 0.29) is 0 Å². The highest BCUT2D eigenvalue weighted by molar-refractivity contribution is 5.79. The highest BCUT2D eigenvalue weighted by Gasteiger charge is 2.33. The minimum Gasteiger partial charge on any atom is -0.300 e. The summed E-state index contributed by atoms with van der Waals surface area (Å²) in [6.07, 6.45) is 8.23. The van der Waals surface area contributed by atoms with E-state index in [9.17, 15) is 4.79 Å². The van der Waals surface area contributed by atoms with Gasteiger partial charge in [-0.15, -0.1) is 0 Å². The molecule has 0 heterocycles. The van der Waals surface area contributed by atoms with Crippen LogP contribution in [0.15, 0.2) is 12.2 Å². The van der Waals surface area contributed by atoms with Crippen molar-refractivity contribution in [1.82, 2.24) is 0 Å². The van der Waals surface area contributed by atoms with E-state index >= 15 is 0 Å². The molecule has 0 aliphatic heterocycles. The van der Waals surface area contributed by atoms with E-state index in [0.29, 0.717) is 23.5 Å². The summed E-state index contributed by atoms with van der Waals surface area (Å²) in [5.74, 6) is 2.05. The summed E-state index contributed by atoms with van der Waals surface area (Å²) in [5.41, 5.74) is 0. The molecule has 1 heteroatoms. The van der Waals surface area contributed by atoms with Crippen molar-refractivity contribution in [3.05, 3.63) is 12.2 Å². The molecule has 1 fully saturated rings. The van der Waals surface area contributed by atoms with E-state index in [1.165, 1.54) is 12.8 Å². The molecule has 0 spiro atoms. The maximum Gasteiger partial charge on any atom is 0.133 e. The van der Waals surface area contributed by atoms with E-state index in [4.69, 9.17) is 0 Å². The van der Waals surface area contributed by atoms with Crippen molar-refractivity contribution in [2.45, 2.75) is 26.2 Å². The number of fused-ring (bicyclic) bond motifs is 2. The molecule has 11 heavy (non-hydrogen) atoms. The Kier molecular flexibility index (Phi) is 1.59. The Labute approximate surface area is 67.5 Å². The van der Waals surface area contributed by atoms with Crippen LogP contribution in [0.4, 0.5) is 0 Å². The first-order valence-electron chi connectivity index (χ1n) is 4.46. The molecule has 1 saturated carbocycles. The second-order valence-electron chi connectivity index (χ2n) is 3.84. The molecule has 0 aromatic heterocycles. The average Bonchev–Trinajstić information content (AvgIpc) is 2.06. The van der Waals surface area contributed by atoms with Gasteiger partial charge in [0, 0.05) is 5.92 Å². The zero-order valence-electron chi connectivity index (χ0n) is 6.92. The fraction of sp³-hybridized carbons (Fsp3) is 0.700. The van der Waals surface area contributed by atoms with Gasteiger partial charge in [-0.05, 0) is 38.0 Å². The molecule has 2 bridgehead atoms. The highest BCUT2D eigenvalue weighted by atomic mass is 16.1. The van der Waals surface area contributed by atoms with Gasteiger partial charge in [0.25, 0.3) is 0 Å². The molecule has 0 aromatic carbocycles. The van der Waals surface area contributed by atoms with Gasteiger partial charge >= 0.3 is 0 Å². The van der Waals surface area contributed by atoms with E-state index in [1.807, 2.05) is 0 Å². The Morgan fingerprint density at radius 2 is 2.18 bits per heavy atom. The molecule has 3 unspecified atom stereocenters. The lowest BCUT2D eigenvalue weighted by Crippen LogP contribution is -2.31.